The molecule has 0 saturated heterocycles. The van der Waals surface area contributed by atoms with Gasteiger partial charge >= 0.3 is 0 Å². The molecule has 0 spiro atoms. The Morgan fingerprint density at radius 2 is 1.74 bits per heavy atom. The summed E-state index contributed by atoms with van der Waals surface area (Å²) in [5.41, 5.74) is 7.64. The molecule has 0 aliphatic heterocycles. The molecule has 2 aromatic rings. The van der Waals surface area contributed by atoms with Crippen LogP contribution in [0.5, 0.6) is 5.75 Å². The van der Waals surface area contributed by atoms with Crippen LogP contribution in [0.15, 0.2) is 34.8 Å². The molecule has 0 aliphatic rings. The van der Waals surface area contributed by atoms with Crippen molar-refractivity contribution in [3.8, 4) is 5.75 Å². The van der Waals surface area contributed by atoms with Crippen molar-refractivity contribution in [1.82, 2.24) is 0 Å². The van der Waals surface area contributed by atoms with Crippen LogP contribution in [0.1, 0.15) is 5.56 Å². The molecule has 0 aliphatic carbocycles. The van der Waals surface area contributed by atoms with Crippen molar-refractivity contribution in [2.45, 2.75) is 6.61 Å². The van der Waals surface area contributed by atoms with E-state index in [0.717, 1.165) is 28.6 Å². The normalized spacial score (nSPS) is 10.5. The third-order valence-electron chi connectivity index (χ3n) is 2.44. The SMILES string of the molecule is Nc1cccc(COc2c(I)cc(I)cc2I)c1Br. The van der Waals surface area contributed by atoms with Crippen molar-refractivity contribution in [2.75, 3.05) is 5.73 Å². The lowest BCUT2D eigenvalue weighted by Gasteiger charge is -2.12. The molecular formula is C13H9BrI3NO. The van der Waals surface area contributed by atoms with E-state index in [1.807, 2.05) is 18.2 Å². The molecule has 0 bridgehead atoms. The van der Waals surface area contributed by atoms with Crippen molar-refractivity contribution in [3.05, 3.63) is 51.1 Å². The summed E-state index contributed by atoms with van der Waals surface area (Å²) in [6.07, 6.45) is 0. The lowest BCUT2D eigenvalue weighted by molar-refractivity contribution is 0.301. The highest BCUT2D eigenvalue weighted by atomic mass is 127. The Kier molecular flexibility index (Phi) is 6.03. The maximum atomic E-state index is 5.94. The Morgan fingerprint density at radius 3 is 2.37 bits per heavy atom. The molecule has 0 fully saturated rings. The van der Waals surface area contributed by atoms with Gasteiger partial charge in [0, 0.05) is 19.3 Å². The standard InChI is InChI=1S/C13H9BrI3NO/c14-12-7(2-1-3-11(12)18)6-19-13-9(16)4-8(15)5-10(13)17/h1-5H,6,18H2. The molecule has 2 nitrogen and oxygen atoms in total. The molecule has 6 heteroatoms. The highest BCUT2D eigenvalue weighted by Crippen LogP contribution is 2.31. The number of hydrogen-bond acceptors (Lipinski definition) is 2. The van der Waals surface area contributed by atoms with Crippen molar-refractivity contribution in [2.24, 2.45) is 0 Å². The number of nitrogen functional groups attached to an aromatic ring is 1. The van der Waals surface area contributed by atoms with Crippen LogP contribution >= 0.6 is 83.7 Å². The maximum absolute atomic E-state index is 5.94. The van der Waals surface area contributed by atoms with Gasteiger partial charge in [-0.25, -0.2) is 0 Å². The van der Waals surface area contributed by atoms with E-state index in [4.69, 9.17) is 10.5 Å². The molecule has 0 radical (unpaired) electrons. The highest BCUT2D eigenvalue weighted by molar-refractivity contribution is 14.1. The fraction of sp³-hybridized carbons (Fsp3) is 0.0769. The Labute approximate surface area is 161 Å². The van der Waals surface area contributed by atoms with E-state index in [2.05, 4.69) is 95.8 Å². The van der Waals surface area contributed by atoms with E-state index in [9.17, 15) is 0 Å². The molecule has 0 unspecified atom stereocenters. The Hall–Kier alpha value is 0.710. The van der Waals surface area contributed by atoms with Crippen molar-refractivity contribution < 1.29 is 4.74 Å². The molecule has 2 N–H and O–H groups in total. The Balaban J connectivity index is 2.22. The number of ether oxygens (including phenoxy) is 1. The number of nitrogens with two attached hydrogens (primary N) is 1. The van der Waals surface area contributed by atoms with E-state index < -0.39 is 0 Å². The molecule has 2 aromatic carbocycles. The largest absolute Gasteiger partial charge is 0.487 e. The summed E-state index contributed by atoms with van der Waals surface area (Å²) in [5, 5.41) is 0. The summed E-state index contributed by atoms with van der Waals surface area (Å²) >= 11 is 10.4. The van der Waals surface area contributed by atoms with E-state index in [-0.39, 0.29) is 0 Å². The predicted octanol–water partition coefficient (Wildman–Crippen LogP) is 5.42. The van der Waals surface area contributed by atoms with Gasteiger partial charge in [0.15, 0.2) is 0 Å². The monoisotopic (exact) mass is 655 g/mol. The van der Waals surface area contributed by atoms with Crippen LogP contribution in [-0.4, -0.2) is 0 Å². The topological polar surface area (TPSA) is 35.2 Å². The number of anilines is 1. The van der Waals surface area contributed by atoms with Gasteiger partial charge in [0.05, 0.1) is 7.14 Å². The molecule has 0 heterocycles. The summed E-state index contributed by atoms with van der Waals surface area (Å²) < 4.78 is 10.3. The molecule has 2 rings (SSSR count). The van der Waals surface area contributed by atoms with E-state index in [0.29, 0.717) is 6.61 Å². The minimum atomic E-state index is 0.498. The second kappa shape index (κ2) is 7.12. The molecular weight excluding hydrogens is 647 g/mol. The second-order valence-electron chi connectivity index (χ2n) is 3.81. The zero-order valence-corrected chi connectivity index (χ0v) is 17.6. The van der Waals surface area contributed by atoms with Gasteiger partial charge in [-0.05, 0) is 102 Å². The smallest absolute Gasteiger partial charge is 0.146 e. The third kappa shape index (κ3) is 4.10. The van der Waals surface area contributed by atoms with Crippen LogP contribution in [-0.2, 0) is 6.61 Å². The predicted molar refractivity (Wildman–Crippen MR) is 107 cm³/mol. The fourth-order valence-corrected chi connectivity index (χ4v) is 5.80. The average Bonchev–Trinajstić information content (AvgIpc) is 2.33. The summed E-state index contributed by atoms with van der Waals surface area (Å²) in [6.45, 7) is 0.498. The minimum Gasteiger partial charge on any atom is -0.487 e. The van der Waals surface area contributed by atoms with Gasteiger partial charge in [0.25, 0.3) is 0 Å². The van der Waals surface area contributed by atoms with Gasteiger partial charge in [-0.2, -0.15) is 0 Å². The van der Waals surface area contributed by atoms with Crippen molar-refractivity contribution >= 4 is 89.4 Å². The molecule has 0 amide bonds. The molecule has 100 valence electrons. The van der Waals surface area contributed by atoms with Gasteiger partial charge in [-0.3, -0.25) is 0 Å². The summed E-state index contributed by atoms with van der Waals surface area (Å²) in [5.74, 6) is 0.927. The molecule has 0 atom stereocenters. The third-order valence-corrected chi connectivity index (χ3v) is 5.64. The lowest BCUT2D eigenvalue weighted by atomic mass is 10.2. The molecule has 19 heavy (non-hydrogen) atoms. The van der Waals surface area contributed by atoms with E-state index in [1.165, 1.54) is 3.57 Å². The van der Waals surface area contributed by atoms with Gasteiger partial charge < -0.3 is 10.5 Å². The van der Waals surface area contributed by atoms with Gasteiger partial charge in [-0.15, -0.1) is 0 Å². The lowest BCUT2D eigenvalue weighted by Crippen LogP contribution is -2.01. The molecule has 0 saturated carbocycles. The van der Waals surface area contributed by atoms with Gasteiger partial charge in [0.2, 0.25) is 0 Å². The average molecular weight is 656 g/mol. The maximum Gasteiger partial charge on any atom is 0.146 e. The van der Waals surface area contributed by atoms with Crippen LogP contribution in [0.25, 0.3) is 0 Å². The zero-order valence-electron chi connectivity index (χ0n) is 9.59. The van der Waals surface area contributed by atoms with Crippen molar-refractivity contribution in [1.29, 1.82) is 0 Å². The first kappa shape index (κ1) is 16.1. The fourth-order valence-electron chi connectivity index (χ4n) is 1.53. The van der Waals surface area contributed by atoms with Crippen LogP contribution in [0.4, 0.5) is 5.69 Å². The van der Waals surface area contributed by atoms with Crippen molar-refractivity contribution in [3.63, 3.8) is 0 Å². The van der Waals surface area contributed by atoms with Crippen LogP contribution < -0.4 is 10.5 Å². The molecule has 0 aromatic heterocycles. The number of halogens is 4. The first-order chi connectivity index (χ1) is 8.99. The van der Waals surface area contributed by atoms with Crippen LogP contribution in [0, 0.1) is 10.7 Å². The summed E-state index contributed by atoms with van der Waals surface area (Å²) in [7, 11) is 0. The van der Waals surface area contributed by atoms with Gasteiger partial charge in [0.1, 0.15) is 12.4 Å². The Morgan fingerprint density at radius 1 is 1.11 bits per heavy atom. The number of hydrogen-bond donors (Lipinski definition) is 1. The van der Waals surface area contributed by atoms with Gasteiger partial charge in [-0.1, -0.05) is 12.1 Å². The summed E-state index contributed by atoms with van der Waals surface area (Å²) in [4.78, 5) is 0. The van der Waals surface area contributed by atoms with Crippen LogP contribution in [0.3, 0.4) is 0 Å². The Bertz CT molecular complexity index is 596. The van der Waals surface area contributed by atoms with Crippen LogP contribution in [0.2, 0.25) is 0 Å². The first-order valence-corrected chi connectivity index (χ1v) is 9.32. The van der Waals surface area contributed by atoms with E-state index >= 15 is 0 Å². The minimum absolute atomic E-state index is 0.498. The highest BCUT2D eigenvalue weighted by Gasteiger charge is 2.10. The quantitative estimate of drug-likeness (QED) is 0.354. The first-order valence-electron chi connectivity index (χ1n) is 5.29. The van der Waals surface area contributed by atoms with E-state index in [1.54, 1.807) is 0 Å². The second-order valence-corrected chi connectivity index (χ2v) is 8.17. The zero-order chi connectivity index (χ0) is 14.0. The summed E-state index contributed by atoms with van der Waals surface area (Å²) in [6, 6.07) is 10.0. The number of benzene rings is 2. The number of rotatable bonds is 3.